The normalized spacial score (nSPS) is 11.5. The smallest absolute Gasteiger partial charge is 0.0746 e. The first-order chi connectivity index (χ1) is 9.07. The van der Waals surface area contributed by atoms with E-state index in [1.807, 2.05) is 12.1 Å². The van der Waals surface area contributed by atoms with Gasteiger partial charge in [-0.25, -0.2) is 0 Å². The molecule has 0 saturated heterocycles. The number of para-hydroxylation sites is 1. The molecule has 0 amide bonds. The maximum Gasteiger partial charge on any atom is 0.0746 e. The number of nitrogens with two attached hydrogens (primary N) is 2. The van der Waals surface area contributed by atoms with Crippen molar-refractivity contribution in [2.75, 3.05) is 11.5 Å². The summed E-state index contributed by atoms with van der Waals surface area (Å²) in [5.41, 5.74) is 19.0. The second-order valence-corrected chi connectivity index (χ2v) is 5.08. The lowest BCUT2D eigenvalue weighted by Crippen LogP contribution is -2.03. The van der Waals surface area contributed by atoms with Crippen molar-refractivity contribution in [2.45, 2.75) is 20.3 Å². The van der Waals surface area contributed by atoms with E-state index in [-0.39, 0.29) is 0 Å². The van der Waals surface area contributed by atoms with Crippen LogP contribution in [0.1, 0.15) is 18.1 Å². The first-order valence-corrected chi connectivity index (χ1v) is 6.61. The summed E-state index contributed by atoms with van der Waals surface area (Å²) in [4.78, 5) is 0. The molecular weight excluding hydrogens is 234 g/mol. The minimum absolute atomic E-state index is 0.859. The molecule has 0 radical (unpaired) electrons. The Hall–Kier alpha value is -2.16. The summed E-state index contributed by atoms with van der Waals surface area (Å²) >= 11 is 0. The van der Waals surface area contributed by atoms with Gasteiger partial charge < -0.3 is 16.0 Å². The third kappa shape index (κ3) is 1.38. The first kappa shape index (κ1) is 11.9. The monoisotopic (exact) mass is 253 g/mol. The van der Waals surface area contributed by atoms with Crippen molar-refractivity contribution in [1.29, 1.82) is 0 Å². The average molecular weight is 253 g/mol. The Morgan fingerprint density at radius 3 is 2.47 bits per heavy atom. The van der Waals surface area contributed by atoms with Gasteiger partial charge in [0.25, 0.3) is 0 Å². The number of nitrogens with zero attached hydrogens (tertiary/aromatic N) is 1. The van der Waals surface area contributed by atoms with Gasteiger partial charge in [-0.15, -0.1) is 0 Å². The van der Waals surface area contributed by atoms with Crippen LogP contribution in [0, 0.1) is 6.92 Å². The minimum atomic E-state index is 0.859. The molecule has 3 nitrogen and oxygen atoms in total. The highest BCUT2D eigenvalue weighted by atomic mass is 15.0. The van der Waals surface area contributed by atoms with Gasteiger partial charge in [0, 0.05) is 29.0 Å². The molecule has 0 aliphatic heterocycles. The van der Waals surface area contributed by atoms with Crippen LogP contribution in [0.2, 0.25) is 0 Å². The van der Waals surface area contributed by atoms with Gasteiger partial charge in [-0.3, -0.25) is 0 Å². The van der Waals surface area contributed by atoms with E-state index >= 15 is 0 Å². The van der Waals surface area contributed by atoms with E-state index < -0.39 is 0 Å². The molecule has 2 aromatic carbocycles. The van der Waals surface area contributed by atoms with Crippen molar-refractivity contribution >= 4 is 33.2 Å². The molecular formula is C16H19N3. The van der Waals surface area contributed by atoms with Crippen LogP contribution in [0.25, 0.3) is 21.8 Å². The van der Waals surface area contributed by atoms with E-state index in [0.717, 1.165) is 39.8 Å². The number of rotatable bonds is 1. The Kier molecular flexibility index (Phi) is 2.45. The van der Waals surface area contributed by atoms with E-state index in [9.17, 15) is 0 Å². The quantitative estimate of drug-likeness (QED) is 0.653. The van der Waals surface area contributed by atoms with Gasteiger partial charge in [-0.1, -0.05) is 25.1 Å². The molecule has 19 heavy (non-hydrogen) atoms. The Morgan fingerprint density at radius 2 is 1.79 bits per heavy atom. The summed E-state index contributed by atoms with van der Waals surface area (Å²) in [6.45, 7) is 4.18. The average Bonchev–Trinajstić information content (AvgIpc) is 2.71. The lowest BCUT2D eigenvalue weighted by Gasteiger charge is -2.13. The summed E-state index contributed by atoms with van der Waals surface area (Å²) in [7, 11) is 2.05. The van der Waals surface area contributed by atoms with Crippen LogP contribution in [-0.4, -0.2) is 4.57 Å². The van der Waals surface area contributed by atoms with Gasteiger partial charge in [-0.05, 0) is 30.5 Å². The molecule has 3 heteroatoms. The van der Waals surface area contributed by atoms with Crippen LogP contribution in [0.3, 0.4) is 0 Å². The number of hydrogen-bond donors (Lipinski definition) is 2. The largest absolute Gasteiger partial charge is 0.398 e. The van der Waals surface area contributed by atoms with Gasteiger partial charge in [0.05, 0.1) is 11.2 Å². The number of fused-ring (bicyclic) bond motifs is 3. The standard InChI is InChI=1S/C16H19N3/c1-4-10-9(2)14(17)13-11-7-5-6-8-12(11)19(3)16(13)15(10)18/h5-8H,4,17-18H2,1-3H3. The molecule has 0 fully saturated rings. The summed E-state index contributed by atoms with van der Waals surface area (Å²) in [6.07, 6.45) is 0.902. The number of benzene rings is 2. The maximum absolute atomic E-state index is 6.39. The molecule has 0 saturated carbocycles. The Balaban J connectivity index is 2.68. The first-order valence-electron chi connectivity index (χ1n) is 6.61. The lowest BCUT2D eigenvalue weighted by atomic mass is 9.98. The highest BCUT2D eigenvalue weighted by Gasteiger charge is 2.18. The van der Waals surface area contributed by atoms with E-state index in [4.69, 9.17) is 11.5 Å². The van der Waals surface area contributed by atoms with E-state index in [1.54, 1.807) is 0 Å². The zero-order valence-electron chi connectivity index (χ0n) is 11.6. The van der Waals surface area contributed by atoms with Crippen LogP contribution >= 0.6 is 0 Å². The molecule has 3 aromatic rings. The fourth-order valence-electron chi connectivity index (χ4n) is 3.13. The lowest BCUT2D eigenvalue weighted by molar-refractivity contribution is 1.01. The van der Waals surface area contributed by atoms with Gasteiger partial charge in [0.1, 0.15) is 0 Å². The van der Waals surface area contributed by atoms with Crippen LogP contribution in [0.4, 0.5) is 11.4 Å². The zero-order valence-corrected chi connectivity index (χ0v) is 11.6. The molecule has 1 aromatic heterocycles. The fourth-order valence-corrected chi connectivity index (χ4v) is 3.13. The summed E-state index contributed by atoms with van der Waals surface area (Å²) in [6, 6.07) is 8.30. The Bertz CT molecular complexity index is 797. The molecule has 0 unspecified atom stereocenters. The molecule has 0 aliphatic carbocycles. The van der Waals surface area contributed by atoms with Crippen molar-refractivity contribution in [1.82, 2.24) is 4.57 Å². The molecule has 0 spiro atoms. The van der Waals surface area contributed by atoms with Crippen molar-refractivity contribution in [3.05, 3.63) is 35.4 Å². The molecule has 0 aliphatic rings. The molecule has 4 N–H and O–H groups in total. The SMILES string of the molecule is CCc1c(C)c(N)c2c3ccccc3n(C)c2c1N. The third-order valence-electron chi connectivity index (χ3n) is 4.17. The van der Waals surface area contributed by atoms with E-state index in [2.05, 4.69) is 37.6 Å². The Labute approximate surface area is 112 Å². The van der Waals surface area contributed by atoms with Crippen LogP contribution < -0.4 is 11.5 Å². The van der Waals surface area contributed by atoms with Crippen LogP contribution in [-0.2, 0) is 13.5 Å². The van der Waals surface area contributed by atoms with Gasteiger partial charge in [0.15, 0.2) is 0 Å². The van der Waals surface area contributed by atoms with Crippen molar-refractivity contribution < 1.29 is 0 Å². The summed E-state index contributed by atoms with van der Waals surface area (Å²) in [5.74, 6) is 0. The fraction of sp³-hybridized carbons (Fsp3) is 0.250. The second kappa shape index (κ2) is 3.92. The molecule has 0 atom stereocenters. The Morgan fingerprint density at radius 1 is 1.11 bits per heavy atom. The number of nitrogen functional groups attached to an aromatic ring is 2. The highest BCUT2D eigenvalue weighted by Crippen LogP contribution is 2.40. The van der Waals surface area contributed by atoms with Crippen molar-refractivity contribution in [3.63, 3.8) is 0 Å². The van der Waals surface area contributed by atoms with Crippen molar-refractivity contribution in [2.24, 2.45) is 7.05 Å². The molecule has 1 heterocycles. The molecule has 0 bridgehead atoms. The summed E-state index contributed by atoms with van der Waals surface area (Å²) < 4.78 is 2.15. The molecule has 98 valence electrons. The van der Waals surface area contributed by atoms with E-state index in [0.29, 0.717) is 0 Å². The van der Waals surface area contributed by atoms with Gasteiger partial charge in [0.2, 0.25) is 0 Å². The molecule has 3 rings (SSSR count). The number of aromatic nitrogens is 1. The maximum atomic E-state index is 6.39. The third-order valence-corrected chi connectivity index (χ3v) is 4.17. The van der Waals surface area contributed by atoms with Crippen molar-refractivity contribution in [3.8, 4) is 0 Å². The highest BCUT2D eigenvalue weighted by molar-refractivity contribution is 6.18. The second-order valence-electron chi connectivity index (χ2n) is 5.08. The number of hydrogen-bond acceptors (Lipinski definition) is 2. The predicted molar refractivity (Wildman–Crippen MR) is 83.4 cm³/mol. The number of aryl methyl sites for hydroxylation is 1. The predicted octanol–water partition coefficient (Wildman–Crippen LogP) is 3.37. The number of anilines is 2. The minimum Gasteiger partial charge on any atom is -0.398 e. The van der Waals surface area contributed by atoms with E-state index in [1.165, 1.54) is 10.9 Å². The van der Waals surface area contributed by atoms with Gasteiger partial charge >= 0.3 is 0 Å². The van der Waals surface area contributed by atoms with Crippen LogP contribution in [0.5, 0.6) is 0 Å². The topological polar surface area (TPSA) is 57.0 Å². The van der Waals surface area contributed by atoms with Crippen LogP contribution in [0.15, 0.2) is 24.3 Å². The van der Waals surface area contributed by atoms with Gasteiger partial charge in [-0.2, -0.15) is 0 Å². The summed E-state index contributed by atoms with van der Waals surface area (Å²) in [5, 5.41) is 2.26. The zero-order chi connectivity index (χ0) is 13.7.